The summed E-state index contributed by atoms with van der Waals surface area (Å²) in [5.41, 5.74) is 3.83. The monoisotopic (exact) mass is 463 g/mol. The highest BCUT2D eigenvalue weighted by Crippen LogP contribution is 2.30. The van der Waals surface area contributed by atoms with Crippen LogP contribution in [0.5, 0.6) is 0 Å². The van der Waals surface area contributed by atoms with E-state index in [0.717, 1.165) is 33.6 Å². The van der Waals surface area contributed by atoms with Crippen molar-refractivity contribution in [3.05, 3.63) is 86.5 Å². The van der Waals surface area contributed by atoms with Gasteiger partial charge in [0.05, 0.1) is 16.8 Å². The number of fused-ring (bicyclic) bond motifs is 1. The molecule has 2 aromatic heterocycles. The molecule has 164 valence electrons. The third kappa shape index (κ3) is 4.64. The van der Waals surface area contributed by atoms with Gasteiger partial charge in [0, 0.05) is 11.4 Å². The molecule has 7 heteroatoms. The molecule has 0 aliphatic carbocycles. The number of hydrogen-bond acceptors (Lipinski definition) is 5. The van der Waals surface area contributed by atoms with Crippen molar-refractivity contribution in [2.24, 2.45) is 0 Å². The number of thioether (sulfide) groups is 1. The Kier molecular flexibility index (Phi) is 6.77. The van der Waals surface area contributed by atoms with E-state index in [4.69, 9.17) is 4.98 Å². The third-order valence-electron chi connectivity index (χ3n) is 5.31. The van der Waals surface area contributed by atoms with Crippen molar-refractivity contribution in [3.63, 3.8) is 0 Å². The molecule has 2 aromatic carbocycles. The van der Waals surface area contributed by atoms with Gasteiger partial charge in [-0.15, -0.1) is 11.3 Å². The second kappa shape index (κ2) is 9.71. The van der Waals surface area contributed by atoms with Crippen LogP contribution in [0.1, 0.15) is 28.5 Å². The highest BCUT2D eigenvalue weighted by Gasteiger charge is 2.19. The predicted octanol–water partition coefficient (Wildman–Crippen LogP) is 5.03. The van der Waals surface area contributed by atoms with Crippen LogP contribution < -0.4 is 10.9 Å². The number of hydrogen-bond donors (Lipinski definition) is 1. The molecule has 0 radical (unpaired) electrons. The summed E-state index contributed by atoms with van der Waals surface area (Å²) in [5.74, 6) is 0.0852. The summed E-state index contributed by atoms with van der Waals surface area (Å²) in [7, 11) is 0. The van der Waals surface area contributed by atoms with E-state index in [1.54, 1.807) is 15.9 Å². The first kappa shape index (κ1) is 22.3. The first-order valence-electron chi connectivity index (χ1n) is 10.5. The SMILES string of the molecule is CCc1sc2nc(SCC(=O)NCc3ccccc3)n(-c3ccc(C)cc3)c(=O)c2c1C. The summed E-state index contributed by atoms with van der Waals surface area (Å²) >= 11 is 2.85. The van der Waals surface area contributed by atoms with Crippen molar-refractivity contribution in [2.75, 3.05) is 5.75 Å². The Balaban J connectivity index is 1.66. The van der Waals surface area contributed by atoms with Gasteiger partial charge in [0.1, 0.15) is 4.83 Å². The lowest BCUT2D eigenvalue weighted by atomic mass is 10.2. The first-order chi connectivity index (χ1) is 15.5. The number of aromatic nitrogens is 2. The highest BCUT2D eigenvalue weighted by atomic mass is 32.2. The Morgan fingerprint density at radius 2 is 1.81 bits per heavy atom. The molecule has 0 saturated heterocycles. The van der Waals surface area contributed by atoms with Crippen LogP contribution in [0.3, 0.4) is 0 Å². The summed E-state index contributed by atoms with van der Waals surface area (Å²) < 4.78 is 1.63. The number of nitrogens with zero attached hydrogens (tertiary/aromatic N) is 2. The predicted molar refractivity (Wildman–Crippen MR) is 133 cm³/mol. The second-order valence-electron chi connectivity index (χ2n) is 7.61. The standard InChI is InChI=1S/C25H25N3O2S2/c1-4-20-17(3)22-23(32-20)27-25(28(24(22)30)19-12-10-16(2)11-13-19)31-15-21(29)26-14-18-8-6-5-7-9-18/h5-13H,4,14-15H2,1-3H3,(H,26,29). The third-order valence-corrected chi connectivity index (χ3v) is 7.58. The highest BCUT2D eigenvalue weighted by molar-refractivity contribution is 7.99. The molecule has 0 aliphatic rings. The van der Waals surface area contributed by atoms with Gasteiger partial charge >= 0.3 is 0 Å². The van der Waals surface area contributed by atoms with Crippen LogP contribution in [0.4, 0.5) is 0 Å². The van der Waals surface area contributed by atoms with Crippen LogP contribution in [0.2, 0.25) is 0 Å². The van der Waals surface area contributed by atoms with Crippen LogP contribution >= 0.6 is 23.1 Å². The van der Waals surface area contributed by atoms with E-state index in [0.29, 0.717) is 17.1 Å². The molecule has 0 saturated carbocycles. The molecular formula is C25H25N3O2S2. The number of amides is 1. The molecule has 4 aromatic rings. The number of rotatable bonds is 7. The normalized spacial score (nSPS) is 11.1. The fourth-order valence-electron chi connectivity index (χ4n) is 3.54. The van der Waals surface area contributed by atoms with E-state index in [-0.39, 0.29) is 17.2 Å². The first-order valence-corrected chi connectivity index (χ1v) is 12.3. The van der Waals surface area contributed by atoms with Gasteiger partial charge in [0.2, 0.25) is 5.91 Å². The van der Waals surface area contributed by atoms with Crippen molar-refractivity contribution in [3.8, 4) is 5.69 Å². The van der Waals surface area contributed by atoms with Gasteiger partial charge in [0.25, 0.3) is 5.56 Å². The molecule has 32 heavy (non-hydrogen) atoms. The Bertz CT molecular complexity index is 1310. The number of aryl methyl sites for hydroxylation is 3. The Morgan fingerprint density at radius 3 is 2.50 bits per heavy atom. The molecule has 0 spiro atoms. The summed E-state index contributed by atoms with van der Waals surface area (Å²) in [6.07, 6.45) is 0.862. The maximum absolute atomic E-state index is 13.6. The maximum Gasteiger partial charge on any atom is 0.267 e. The number of thiophene rings is 1. The number of carbonyl (C=O) groups excluding carboxylic acids is 1. The molecule has 0 aliphatic heterocycles. The lowest BCUT2D eigenvalue weighted by Gasteiger charge is -2.13. The van der Waals surface area contributed by atoms with E-state index < -0.39 is 0 Å². The maximum atomic E-state index is 13.6. The molecule has 0 atom stereocenters. The Hall–Kier alpha value is -2.90. The molecule has 0 fully saturated rings. The summed E-state index contributed by atoms with van der Waals surface area (Å²) in [6, 6.07) is 17.6. The fraction of sp³-hybridized carbons (Fsp3) is 0.240. The summed E-state index contributed by atoms with van der Waals surface area (Å²) in [6.45, 7) is 6.56. The van der Waals surface area contributed by atoms with Crippen LogP contribution in [0.15, 0.2) is 64.5 Å². The molecule has 2 heterocycles. The zero-order valence-electron chi connectivity index (χ0n) is 18.3. The molecule has 1 amide bonds. The van der Waals surface area contributed by atoms with E-state index in [1.165, 1.54) is 16.6 Å². The summed E-state index contributed by atoms with van der Waals surface area (Å²) in [4.78, 5) is 32.8. The number of benzene rings is 2. The number of carbonyl (C=O) groups is 1. The largest absolute Gasteiger partial charge is 0.351 e. The molecule has 0 unspecified atom stereocenters. The van der Waals surface area contributed by atoms with Crippen LogP contribution in [-0.2, 0) is 17.8 Å². The van der Waals surface area contributed by atoms with E-state index in [1.807, 2.05) is 68.4 Å². The topological polar surface area (TPSA) is 64.0 Å². The smallest absolute Gasteiger partial charge is 0.267 e. The minimum absolute atomic E-state index is 0.0838. The Labute approximate surface area is 195 Å². The minimum atomic E-state index is -0.0970. The van der Waals surface area contributed by atoms with E-state index in [2.05, 4.69) is 12.2 Å². The van der Waals surface area contributed by atoms with Crippen LogP contribution in [0, 0.1) is 13.8 Å². The van der Waals surface area contributed by atoms with Crippen molar-refractivity contribution in [2.45, 2.75) is 38.9 Å². The molecular weight excluding hydrogens is 438 g/mol. The minimum Gasteiger partial charge on any atom is -0.351 e. The number of nitrogens with one attached hydrogen (secondary N) is 1. The fourth-order valence-corrected chi connectivity index (χ4v) is 5.54. The molecule has 4 rings (SSSR count). The quantitative estimate of drug-likeness (QED) is 0.308. The van der Waals surface area contributed by atoms with E-state index in [9.17, 15) is 9.59 Å². The van der Waals surface area contributed by atoms with Crippen molar-refractivity contribution >= 4 is 39.2 Å². The lowest BCUT2D eigenvalue weighted by Crippen LogP contribution is -2.26. The van der Waals surface area contributed by atoms with Gasteiger partial charge in [0.15, 0.2) is 5.16 Å². The van der Waals surface area contributed by atoms with Gasteiger partial charge in [-0.05, 0) is 43.5 Å². The lowest BCUT2D eigenvalue weighted by molar-refractivity contribution is -0.118. The zero-order chi connectivity index (χ0) is 22.7. The van der Waals surface area contributed by atoms with Crippen molar-refractivity contribution < 1.29 is 4.79 Å². The van der Waals surface area contributed by atoms with Crippen molar-refractivity contribution in [1.82, 2.24) is 14.9 Å². The van der Waals surface area contributed by atoms with Gasteiger partial charge in [-0.3, -0.25) is 14.2 Å². The summed E-state index contributed by atoms with van der Waals surface area (Å²) in [5, 5.41) is 4.14. The molecule has 5 nitrogen and oxygen atoms in total. The average molecular weight is 464 g/mol. The van der Waals surface area contributed by atoms with Crippen LogP contribution in [-0.4, -0.2) is 21.2 Å². The zero-order valence-corrected chi connectivity index (χ0v) is 20.0. The Morgan fingerprint density at radius 1 is 1.09 bits per heavy atom. The van der Waals surface area contributed by atoms with Gasteiger partial charge in [-0.25, -0.2) is 4.98 Å². The van der Waals surface area contributed by atoms with Crippen molar-refractivity contribution in [1.29, 1.82) is 0 Å². The second-order valence-corrected chi connectivity index (χ2v) is 9.63. The van der Waals surface area contributed by atoms with E-state index >= 15 is 0 Å². The van der Waals surface area contributed by atoms with Crippen LogP contribution in [0.25, 0.3) is 15.9 Å². The van der Waals surface area contributed by atoms with Gasteiger partial charge < -0.3 is 5.32 Å². The average Bonchev–Trinajstić information content (AvgIpc) is 3.13. The van der Waals surface area contributed by atoms with Gasteiger partial charge in [-0.2, -0.15) is 0 Å². The molecule has 1 N–H and O–H groups in total. The molecule has 0 bridgehead atoms. The van der Waals surface area contributed by atoms with Gasteiger partial charge in [-0.1, -0.05) is 66.7 Å².